The first-order valence-electron chi connectivity index (χ1n) is 8.27. The molecule has 0 amide bonds. The van der Waals surface area contributed by atoms with Crippen molar-refractivity contribution in [1.29, 1.82) is 0 Å². The summed E-state index contributed by atoms with van der Waals surface area (Å²) in [6, 6.07) is 0. The SMILES string of the molecule is CCCCOCCC(CNC(C)(C)C)C1CCS(=O)(=O)C1. The van der Waals surface area contributed by atoms with Crippen molar-refractivity contribution in [3.8, 4) is 0 Å². The fourth-order valence-electron chi connectivity index (χ4n) is 2.72. The van der Waals surface area contributed by atoms with Gasteiger partial charge in [0.1, 0.15) is 0 Å². The zero-order valence-corrected chi connectivity index (χ0v) is 15.0. The molecule has 0 aromatic heterocycles. The van der Waals surface area contributed by atoms with Gasteiger partial charge in [-0.05, 0) is 58.4 Å². The molecular formula is C16H33NO3S. The second-order valence-electron chi connectivity index (χ2n) is 7.31. The van der Waals surface area contributed by atoms with Gasteiger partial charge in [-0.25, -0.2) is 8.42 Å². The molecule has 1 rings (SSSR count). The standard InChI is InChI=1S/C16H33NO3S/c1-5-6-9-20-10-7-14(12-17-16(2,3)4)15-8-11-21(18,19)13-15/h14-15,17H,5-13H2,1-4H3. The van der Waals surface area contributed by atoms with Crippen LogP contribution in [-0.4, -0.2) is 45.2 Å². The number of sulfone groups is 1. The van der Waals surface area contributed by atoms with Crippen molar-refractivity contribution in [3.63, 3.8) is 0 Å². The lowest BCUT2D eigenvalue weighted by atomic mass is 9.88. The van der Waals surface area contributed by atoms with E-state index in [1.165, 1.54) is 0 Å². The summed E-state index contributed by atoms with van der Waals surface area (Å²) in [6.07, 6.45) is 4.01. The first-order chi connectivity index (χ1) is 9.73. The molecule has 5 heteroatoms. The maximum atomic E-state index is 11.7. The highest BCUT2D eigenvalue weighted by Gasteiger charge is 2.33. The Hall–Kier alpha value is -0.130. The molecule has 1 aliphatic heterocycles. The van der Waals surface area contributed by atoms with Gasteiger partial charge in [0.2, 0.25) is 0 Å². The predicted octanol–water partition coefficient (Wildman–Crippen LogP) is 2.63. The number of rotatable bonds is 9. The predicted molar refractivity (Wildman–Crippen MR) is 88.4 cm³/mol. The van der Waals surface area contributed by atoms with Crippen LogP contribution >= 0.6 is 0 Å². The molecule has 126 valence electrons. The topological polar surface area (TPSA) is 55.4 Å². The average molecular weight is 320 g/mol. The van der Waals surface area contributed by atoms with Gasteiger partial charge in [-0.15, -0.1) is 0 Å². The number of ether oxygens (including phenoxy) is 1. The second-order valence-corrected chi connectivity index (χ2v) is 9.54. The van der Waals surface area contributed by atoms with Crippen molar-refractivity contribution in [1.82, 2.24) is 5.32 Å². The van der Waals surface area contributed by atoms with Gasteiger partial charge in [0.05, 0.1) is 11.5 Å². The summed E-state index contributed by atoms with van der Waals surface area (Å²) >= 11 is 0. The molecule has 0 aromatic carbocycles. The molecule has 0 aromatic rings. The van der Waals surface area contributed by atoms with Crippen LogP contribution in [0.2, 0.25) is 0 Å². The van der Waals surface area contributed by atoms with E-state index >= 15 is 0 Å². The normalized spacial score (nSPS) is 23.3. The lowest BCUT2D eigenvalue weighted by molar-refractivity contribution is 0.108. The Morgan fingerprint density at radius 3 is 2.52 bits per heavy atom. The Bertz CT molecular complexity index is 387. The summed E-state index contributed by atoms with van der Waals surface area (Å²) in [5.74, 6) is 1.40. The monoisotopic (exact) mass is 319 g/mol. The molecule has 1 N–H and O–H groups in total. The number of hydrogen-bond acceptors (Lipinski definition) is 4. The Kier molecular flexibility index (Phi) is 7.65. The van der Waals surface area contributed by atoms with Crippen molar-refractivity contribution >= 4 is 9.84 Å². The Morgan fingerprint density at radius 2 is 2.00 bits per heavy atom. The van der Waals surface area contributed by atoms with Crippen LogP contribution in [0.1, 0.15) is 53.4 Å². The van der Waals surface area contributed by atoms with E-state index in [9.17, 15) is 8.42 Å². The van der Waals surface area contributed by atoms with Gasteiger partial charge in [-0.1, -0.05) is 13.3 Å². The fourth-order valence-corrected chi connectivity index (χ4v) is 4.64. The summed E-state index contributed by atoms with van der Waals surface area (Å²) in [5.41, 5.74) is 0.0683. The molecule has 0 radical (unpaired) electrons. The second kappa shape index (κ2) is 8.49. The van der Waals surface area contributed by atoms with Crippen LogP contribution in [0.3, 0.4) is 0 Å². The average Bonchev–Trinajstić information content (AvgIpc) is 2.72. The zero-order valence-electron chi connectivity index (χ0n) is 14.2. The van der Waals surface area contributed by atoms with E-state index in [1.807, 2.05) is 0 Å². The quantitative estimate of drug-likeness (QED) is 0.664. The molecule has 2 unspecified atom stereocenters. The lowest BCUT2D eigenvalue weighted by Crippen LogP contribution is -2.41. The third-order valence-electron chi connectivity index (χ3n) is 4.10. The van der Waals surface area contributed by atoms with Gasteiger partial charge >= 0.3 is 0 Å². The largest absolute Gasteiger partial charge is 0.381 e. The third kappa shape index (κ3) is 8.17. The lowest BCUT2D eigenvalue weighted by Gasteiger charge is -2.28. The third-order valence-corrected chi connectivity index (χ3v) is 5.90. The summed E-state index contributed by atoms with van der Waals surface area (Å²) in [7, 11) is -2.80. The van der Waals surface area contributed by atoms with Crippen molar-refractivity contribution in [2.75, 3.05) is 31.3 Å². The Balaban J connectivity index is 2.46. The van der Waals surface area contributed by atoms with E-state index in [4.69, 9.17) is 4.74 Å². The molecule has 21 heavy (non-hydrogen) atoms. The summed E-state index contributed by atoms with van der Waals surface area (Å²) < 4.78 is 29.1. The minimum Gasteiger partial charge on any atom is -0.381 e. The van der Waals surface area contributed by atoms with Gasteiger partial charge in [-0.3, -0.25) is 0 Å². The smallest absolute Gasteiger partial charge is 0.150 e. The van der Waals surface area contributed by atoms with Gasteiger partial charge in [0.15, 0.2) is 9.84 Å². The van der Waals surface area contributed by atoms with Crippen LogP contribution in [0.5, 0.6) is 0 Å². The molecule has 2 atom stereocenters. The van der Waals surface area contributed by atoms with Gasteiger partial charge in [0, 0.05) is 18.8 Å². The maximum absolute atomic E-state index is 11.7. The fraction of sp³-hybridized carbons (Fsp3) is 1.00. The number of nitrogens with one attached hydrogen (secondary N) is 1. The molecule has 0 aliphatic carbocycles. The van der Waals surface area contributed by atoms with Crippen LogP contribution in [-0.2, 0) is 14.6 Å². The number of unbranched alkanes of at least 4 members (excludes halogenated alkanes) is 1. The van der Waals surface area contributed by atoms with E-state index in [-0.39, 0.29) is 5.54 Å². The van der Waals surface area contributed by atoms with E-state index in [0.717, 1.165) is 45.4 Å². The van der Waals surface area contributed by atoms with Gasteiger partial charge in [0.25, 0.3) is 0 Å². The van der Waals surface area contributed by atoms with Crippen molar-refractivity contribution in [2.24, 2.45) is 11.8 Å². The van der Waals surface area contributed by atoms with Crippen LogP contribution < -0.4 is 5.32 Å². The van der Waals surface area contributed by atoms with Gasteiger partial charge < -0.3 is 10.1 Å². The maximum Gasteiger partial charge on any atom is 0.150 e. The van der Waals surface area contributed by atoms with E-state index in [1.54, 1.807) is 0 Å². The highest BCUT2D eigenvalue weighted by atomic mass is 32.2. The molecule has 0 bridgehead atoms. The number of hydrogen-bond donors (Lipinski definition) is 1. The summed E-state index contributed by atoms with van der Waals surface area (Å²) in [6.45, 7) is 11.0. The van der Waals surface area contributed by atoms with Crippen LogP contribution in [0.15, 0.2) is 0 Å². The molecule has 4 nitrogen and oxygen atoms in total. The Labute approximate surface area is 130 Å². The molecule has 0 saturated carbocycles. The molecule has 1 saturated heterocycles. The minimum atomic E-state index is -2.80. The van der Waals surface area contributed by atoms with Gasteiger partial charge in [-0.2, -0.15) is 0 Å². The van der Waals surface area contributed by atoms with Crippen LogP contribution in [0.4, 0.5) is 0 Å². The van der Waals surface area contributed by atoms with Crippen LogP contribution in [0.25, 0.3) is 0 Å². The first-order valence-corrected chi connectivity index (χ1v) is 10.1. The molecule has 0 spiro atoms. The molecule has 1 fully saturated rings. The van der Waals surface area contributed by atoms with Crippen molar-refractivity contribution < 1.29 is 13.2 Å². The molecular weight excluding hydrogens is 286 g/mol. The van der Waals surface area contributed by atoms with E-state index in [2.05, 4.69) is 33.0 Å². The molecule has 1 heterocycles. The summed E-state index contributed by atoms with van der Waals surface area (Å²) in [4.78, 5) is 0. The zero-order chi connectivity index (χ0) is 15.9. The van der Waals surface area contributed by atoms with E-state index < -0.39 is 9.84 Å². The highest BCUT2D eigenvalue weighted by molar-refractivity contribution is 7.91. The van der Waals surface area contributed by atoms with E-state index in [0.29, 0.717) is 23.3 Å². The first kappa shape index (κ1) is 18.9. The van der Waals surface area contributed by atoms with Crippen molar-refractivity contribution in [3.05, 3.63) is 0 Å². The molecule has 1 aliphatic rings. The summed E-state index contributed by atoms with van der Waals surface area (Å²) in [5, 5.41) is 3.53. The van der Waals surface area contributed by atoms with Crippen LogP contribution in [0, 0.1) is 11.8 Å². The highest BCUT2D eigenvalue weighted by Crippen LogP contribution is 2.28. The van der Waals surface area contributed by atoms with Crippen molar-refractivity contribution in [2.45, 2.75) is 58.9 Å². The Morgan fingerprint density at radius 1 is 1.29 bits per heavy atom. The minimum absolute atomic E-state index is 0.0683.